The van der Waals surface area contributed by atoms with Crippen LogP contribution in [0, 0.1) is 0 Å². The maximum Gasteiger partial charge on any atom is 0.115 e. The summed E-state index contributed by atoms with van der Waals surface area (Å²) in [5, 5.41) is 1.46. The summed E-state index contributed by atoms with van der Waals surface area (Å²) in [5.41, 5.74) is 6.14. The fourth-order valence-corrected chi connectivity index (χ4v) is 1.94. The van der Waals surface area contributed by atoms with Crippen molar-refractivity contribution in [3.05, 3.63) is 17.3 Å². The lowest BCUT2D eigenvalue weighted by atomic mass is 10.3. The van der Waals surface area contributed by atoms with Crippen LogP contribution in [0.4, 0.5) is 5.69 Å². The van der Waals surface area contributed by atoms with E-state index in [1.165, 1.54) is 0 Å². The van der Waals surface area contributed by atoms with Gasteiger partial charge in [0.1, 0.15) is 5.03 Å². The fraction of sp³-hybridized carbons (Fsp3) is 0.444. The smallest absolute Gasteiger partial charge is 0.115 e. The van der Waals surface area contributed by atoms with Crippen LogP contribution in [0.3, 0.4) is 0 Å². The Morgan fingerprint density at radius 1 is 1.46 bits per heavy atom. The van der Waals surface area contributed by atoms with Crippen LogP contribution in [0.2, 0.25) is 5.02 Å². The zero-order valence-corrected chi connectivity index (χ0v) is 9.54. The number of rotatable bonds is 1. The van der Waals surface area contributed by atoms with Gasteiger partial charge in [-0.2, -0.15) is 0 Å². The van der Waals surface area contributed by atoms with E-state index in [0.717, 1.165) is 5.03 Å². The van der Waals surface area contributed by atoms with Gasteiger partial charge in [0.15, 0.2) is 0 Å². The number of halogens is 1. The molecule has 1 aromatic heterocycles. The topological polar surface area (TPSA) is 38.9 Å². The van der Waals surface area contributed by atoms with E-state index >= 15 is 0 Å². The van der Waals surface area contributed by atoms with Crippen LogP contribution in [-0.4, -0.2) is 9.73 Å². The second-order valence-corrected chi connectivity index (χ2v) is 5.99. The van der Waals surface area contributed by atoms with Gasteiger partial charge >= 0.3 is 0 Å². The molecule has 0 aromatic carbocycles. The zero-order valence-electron chi connectivity index (χ0n) is 7.97. The molecule has 0 radical (unpaired) electrons. The first kappa shape index (κ1) is 10.7. The summed E-state index contributed by atoms with van der Waals surface area (Å²) in [6, 6.07) is 1.72. The summed E-state index contributed by atoms with van der Waals surface area (Å²) in [4.78, 5) is 4.17. The van der Waals surface area contributed by atoms with Gasteiger partial charge in [-0.25, -0.2) is 4.98 Å². The van der Waals surface area contributed by atoms with E-state index in [9.17, 15) is 0 Å². The van der Waals surface area contributed by atoms with Gasteiger partial charge in [-0.3, -0.25) is 0 Å². The number of nitrogen functional groups attached to an aromatic ring is 1. The van der Waals surface area contributed by atoms with Crippen molar-refractivity contribution in [1.29, 1.82) is 0 Å². The Morgan fingerprint density at radius 2 is 2.08 bits per heavy atom. The van der Waals surface area contributed by atoms with Crippen LogP contribution in [0.15, 0.2) is 17.3 Å². The predicted octanol–water partition coefficient (Wildman–Crippen LogP) is 3.21. The average molecular weight is 217 g/mol. The molecule has 0 saturated heterocycles. The lowest BCUT2D eigenvalue weighted by molar-refractivity contribution is 0.799. The quantitative estimate of drug-likeness (QED) is 0.733. The monoisotopic (exact) mass is 216 g/mol. The Hall–Kier alpha value is -0.410. The van der Waals surface area contributed by atoms with Gasteiger partial charge in [-0.05, 0) is 6.07 Å². The van der Waals surface area contributed by atoms with Crippen molar-refractivity contribution in [3.8, 4) is 0 Å². The standard InChI is InChI=1S/C9H13ClN2S/c1-9(2,3)13-8-7(10)4-6(11)5-12-8/h4-5H,11H2,1-3H3. The van der Waals surface area contributed by atoms with Crippen molar-refractivity contribution >= 4 is 29.1 Å². The van der Waals surface area contributed by atoms with E-state index in [0.29, 0.717) is 10.7 Å². The largest absolute Gasteiger partial charge is 0.397 e. The summed E-state index contributed by atoms with van der Waals surface area (Å²) in [6.07, 6.45) is 1.62. The van der Waals surface area contributed by atoms with Gasteiger partial charge in [0, 0.05) is 4.75 Å². The first-order valence-electron chi connectivity index (χ1n) is 3.98. The van der Waals surface area contributed by atoms with E-state index in [2.05, 4.69) is 25.8 Å². The highest BCUT2D eigenvalue weighted by molar-refractivity contribution is 8.00. The van der Waals surface area contributed by atoms with Crippen LogP contribution < -0.4 is 5.73 Å². The van der Waals surface area contributed by atoms with Crippen LogP contribution in [0.1, 0.15) is 20.8 Å². The van der Waals surface area contributed by atoms with Crippen molar-refractivity contribution in [1.82, 2.24) is 4.98 Å². The molecule has 1 aromatic rings. The molecule has 0 fully saturated rings. The van der Waals surface area contributed by atoms with E-state index in [1.54, 1.807) is 24.0 Å². The highest BCUT2D eigenvalue weighted by atomic mass is 35.5. The van der Waals surface area contributed by atoms with Gasteiger partial charge in [0.2, 0.25) is 0 Å². The lowest BCUT2D eigenvalue weighted by Gasteiger charge is -2.17. The fourth-order valence-electron chi connectivity index (χ4n) is 0.805. The Morgan fingerprint density at radius 3 is 2.54 bits per heavy atom. The van der Waals surface area contributed by atoms with Crippen LogP contribution in [0.5, 0.6) is 0 Å². The Balaban J connectivity index is 2.90. The molecule has 0 atom stereocenters. The molecule has 0 aliphatic heterocycles. The third kappa shape index (κ3) is 3.44. The van der Waals surface area contributed by atoms with Crippen LogP contribution in [0.25, 0.3) is 0 Å². The average Bonchev–Trinajstić information content (AvgIpc) is 1.93. The number of pyridine rings is 1. The number of anilines is 1. The molecule has 1 rings (SSSR count). The molecule has 72 valence electrons. The minimum atomic E-state index is 0.118. The minimum Gasteiger partial charge on any atom is -0.397 e. The molecular weight excluding hydrogens is 204 g/mol. The molecule has 0 aliphatic rings. The third-order valence-corrected chi connectivity index (χ3v) is 2.76. The van der Waals surface area contributed by atoms with Crippen molar-refractivity contribution in [3.63, 3.8) is 0 Å². The maximum absolute atomic E-state index is 5.97. The van der Waals surface area contributed by atoms with Gasteiger partial charge in [0.25, 0.3) is 0 Å². The van der Waals surface area contributed by atoms with E-state index in [1.807, 2.05) is 0 Å². The third-order valence-electron chi connectivity index (χ3n) is 1.23. The molecule has 4 heteroatoms. The SMILES string of the molecule is CC(C)(C)Sc1ncc(N)cc1Cl. The first-order valence-corrected chi connectivity index (χ1v) is 5.18. The Kier molecular flexibility index (Phi) is 3.09. The minimum absolute atomic E-state index is 0.118. The van der Waals surface area contributed by atoms with E-state index < -0.39 is 0 Å². The molecule has 2 nitrogen and oxygen atoms in total. The lowest BCUT2D eigenvalue weighted by Crippen LogP contribution is -2.07. The van der Waals surface area contributed by atoms with Crippen LogP contribution >= 0.6 is 23.4 Å². The van der Waals surface area contributed by atoms with E-state index in [-0.39, 0.29) is 4.75 Å². The highest BCUT2D eigenvalue weighted by Crippen LogP contribution is 2.35. The summed E-state index contributed by atoms with van der Waals surface area (Å²) in [5.74, 6) is 0. The van der Waals surface area contributed by atoms with Gasteiger partial charge in [-0.15, -0.1) is 0 Å². The molecule has 1 heterocycles. The molecule has 0 amide bonds. The molecule has 0 aliphatic carbocycles. The molecule has 0 bridgehead atoms. The number of hydrogen-bond acceptors (Lipinski definition) is 3. The summed E-state index contributed by atoms with van der Waals surface area (Å²) >= 11 is 7.61. The van der Waals surface area contributed by atoms with Crippen LogP contribution in [-0.2, 0) is 0 Å². The van der Waals surface area contributed by atoms with Crippen molar-refractivity contribution < 1.29 is 0 Å². The van der Waals surface area contributed by atoms with Gasteiger partial charge in [0.05, 0.1) is 16.9 Å². The molecule has 0 spiro atoms. The normalized spacial score (nSPS) is 11.7. The van der Waals surface area contributed by atoms with Crippen molar-refractivity contribution in [2.75, 3.05) is 5.73 Å². The van der Waals surface area contributed by atoms with Crippen molar-refractivity contribution in [2.45, 2.75) is 30.5 Å². The number of nitrogens with two attached hydrogens (primary N) is 1. The number of thioether (sulfide) groups is 1. The van der Waals surface area contributed by atoms with E-state index in [4.69, 9.17) is 17.3 Å². The molecule has 13 heavy (non-hydrogen) atoms. The van der Waals surface area contributed by atoms with Crippen molar-refractivity contribution in [2.24, 2.45) is 0 Å². The van der Waals surface area contributed by atoms with Gasteiger partial charge < -0.3 is 5.73 Å². The first-order chi connectivity index (χ1) is 5.88. The molecule has 0 saturated carbocycles. The maximum atomic E-state index is 5.97. The summed E-state index contributed by atoms with van der Waals surface area (Å²) in [6.45, 7) is 6.35. The summed E-state index contributed by atoms with van der Waals surface area (Å²) in [7, 11) is 0. The van der Waals surface area contributed by atoms with Gasteiger partial charge in [-0.1, -0.05) is 44.1 Å². The second-order valence-electron chi connectivity index (χ2n) is 3.77. The molecule has 2 N–H and O–H groups in total. The zero-order chi connectivity index (χ0) is 10.1. The Bertz CT molecular complexity index is 307. The number of hydrogen-bond donors (Lipinski definition) is 1. The molecular formula is C9H13ClN2S. The number of nitrogens with zero attached hydrogens (tertiary/aromatic N) is 1. The second kappa shape index (κ2) is 3.76. The number of aromatic nitrogens is 1. The molecule has 0 unspecified atom stereocenters. The highest BCUT2D eigenvalue weighted by Gasteiger charge is 2.15. The summed E-state index contributed by atoms with van der Waals surface area (Å²) < 4.78 is 0.118. The predicted molar refractivity (Wildman–Crippen MR) is 59.3 cm³/mol. The Labute approximate surface area is 87.9 Å².